The van der Waals surface area contributed by atoms with Crippen LogP contribution in [0.5, 0.6) is 0 Å². The Hall–Kier alpha value is -2.87. The van der Waals surface area contributed by atoms with Crippen molar-refractivity contribution in [1.82, 2.24) is 15.7 Å². The quantitative estimate of drug-likeness (QED) is 0.485. The van der Waals surface area contributed by atoms with E-state index in [1.54, 1.807) is 27.0 Å². The topological polar surface area (TPSA) is 116 Å². The number of aromatic amines is 1. The molecule has 1 unspecified atom stereocenters. The minimum absolute atomic E-state index is 0.576. The van der Waals surface area contributed by atoms with Gasteiger partial charge < -0.3 is 20.1 Å². The summed E-state index contributed by atoms with van der Waals surface area (Å²) in [5, 5.41) is 16.4. The zero-order valence-electron chi connectivity index (χ0n) is 14.4. The molecule has 8 nitrogen and oxygen atoms in total. The number of rotatable bonds is 5. The number of ether oxygens (including phenoxy) is 1. The highest BCUT2D eigenvalue weighted by molar-refractivity contribution is 5.99. The zero-order valence-corrected chi connectivity index (χ0v) is 14.4. The van der Waals surface area contributed by atoms with E-state index < -0.39 is 30.3 Å². The molecule has 0 spiro atoms. The van der Waals surface area contributed by atoms with Gasteiger partial charge in [0.1, 0.15) is 11.6 Å². The van der Waals surface area contributed by atoms with Gasteiger partial charge in [0.2, 0.25) is 0 Å². The Morgan fingerprint density at radius 2 is 2.08 bits per heavy atom. The predicted octanol–water partition coefficient (Wildman–Crippen LogP) is 1.50. The first-order valence-corrected chi connectivity index (χ1v) is 7.79. The summed E-state index contributed by atoms with van der Waals surface area (Å²) in [5.41, 5.74) is 3.35. The molecule has 134 valence electrons. The van der Waals surface area contributed by atoms with Gasteiger partial charge in [0.25, 0.3) is 5.91 Å². The highest BCUT2D eigenvalue weighted by Crippen LogP contribution is 2.15. The molecule has 0 aliphatic heterocycles. The maximum atomic E-state index is 12.0. The molecule has 0 bridgehead atoms. The second kappa shape index (κ2) is 7.80. The number of hydrogen-bond donors (Lipinski definition) is 4. The molecule has 0 aliphatic carbocycles. The minimum atomic E-state index is -1.16. The fourth-order valence-electron chi connectivity index (χ4n) is 2.09. The molecule has 4 N–H and O–H groups in total. The van der Waals surface area contributed by atoms with Crippen molar-refractivity contribution in [3.63, 3.8) is 0 Å². The maximum Gasteiger partial charge on any atom is 0.408 e. The Labute approximate surface area is 145 Å². The summed E-state index contributed by atoms with van der Waals surface area (Å²) in [6.07, 6.45) is 2.46. The smallest absolute Gasteiger partial charge is 0.408 e. The number of fused-ring (bicyclic) bond motifs is 1. The van der Waals surface area contributed by atoms with E-state index in [4.69, 9.17) is 4.74 Å². The Morgan fingerprint density at radius 1 is 1.36 bits per heavy atom. The van der Waals surface area contributed by atoms with Crippen molar-refractivity contribution in [3.05, 3.63) is 36.0 Å². The van der Waals surface area contributed by atoms with Gasteiger partial charge in [0.15, 0.2) is 0 Å². The van der Waals surface area contributed by atoms with Crippen LogP contribution in [0.4, 0.5) is 4.79 Å². The first-order chi connectivity index (χ1) is 11.8. The van der Waals surface area contributed by atoms with E-state index in [2.05, 4.69) is 20.8 Å². The molecular formula is C17H22N4O4. The van der Waals surface area contributed by atoms with Crippen molar-refractivity contribution >= 4 is 29.1 Å². The van der Waals surface area contributed by atoms with Crippen LogP contribution in [0, 0.1) is 0 Å². The molecule has 0 fully saturated rings. The van der Waals surface area contributed by atoms with Crippen molar-refractivity contribution in [3.8, 4) is 0 Å². The molecule has 2 aromatic rings. The van der Waals surface area contributed by atoms with Gasteiger partial charge in [-0.15, -0.1) is 0 Å². The van der Waals surface area contributed by atoms with Gasteiger partial charge in [0, 0.05) is 22.7 Å². The summed E-state index contributed by atoms with van der Waals surface area (Å²) in [6.45, 7) is 4.53. The standard InChI is InChI=1S/C17H22N4O4/c1-17(2,3)25-16(24)20-14(10-22)15(23)21-19-9-11-8-18-13-7-5-4-6-12(11)13/h4-9,14,18,22H,10H2,1-3H3,(H,20,24)(H,21,23)/b19-9+. The first kappa shape index (κ1) is 18.5. The largest absolute Gasteiger partial charge is 0.444 e. The van der Waals surface area contributed by atoms with Gasteiger partial charge in [-0.25, -0.2) is 10.2 Å². The van der Waals surface area contributed by atoms with Gasteiger partial charge in [0.05, 0.1) is 12.8 Å². The molecule has 1 atom stereocenters. The normalized spacial score (nSPS) is 13.0. The van der Waals surface area contributed by atoms with Crippen LogP contribution in [0.2, 0.25) is 0 Å². The molecule has 0 aliphatic rings. The van der Waals surface area contributed by atoms with Crippen LogP contribution in [-0.4, -0.2) is 46.6 Å². The van der Waals surface area contributed by atoms with E-state index >= 15 is 0 Å². The summed E-state index contributed by atoms with van der Waals surface area (Å²) in [6, 6.07) is 6.51. The fourth-order valence-corrected chi connectivity index (χ4v) is 2.09. The highest BCUT2D eigenvalue weighted by Gasteiger charge is 2.23. The third-order valence-corrected chi connectivity index (χ3v) is 3.19. The number of aliphatic hydroxyl groups is 1. The fraction of sp³-hybridized carbons (Fsp3) is 0.353. The van der Waals surface area contributed by atoms with Crippen molar-refractivity contribution in [2.45, 2.75) is 32.4 Å². The minimum Gasteiger partial charge on any atom is -0.444 e. The Kier molecular flexibility index (Phi) is 5.76. The Bertz CT molecular complexity index is 776. The Balaban J connectivity index is 1.94. The summed E-state index contributed by atoms with van der Waals surface area (Å²) in [7, 11) is 0. The van der Waals surface area contributed by atoms with Crippen LogP contribution >= 0.6 is 0 Å². The van der Waals surface area contributed by atoms with Crippen molar-refractivity contribution in [2.75, 3.05) is 6.61 Å². The van der Waals surface area contributed by atoms with Crippen LogP contribution in [-0.2, 0) is 9.53 Å². The van der Waals surface area contributed by atoms with Gasteiger partial charge >= 0.3 is 6.09 Å². The number of H-pyrrole nitrogens is 1. The third kappa shape index (κ3) is 5.32. The number of nitrogens with zero attached hydrogens (tertiary/aromatic N) is 1. The average molecular weight is 346 g/mol. The predicted molar refractivity (Wildman–Crippen MR) is 94.3 cm³/mol. The number of carbonyl (C=O) groups is 2. The van der Waals surface area contributed by atoms with Crippen LogP contribution in [0.25, 0.3) is 10.9 Å². The molecule has 25 heavy (non-hydrogen) atoms. The SMILES string of the molecule is CC(C)(C)OC(=O)NC(CO)C(=O)N/N=C/c1c[nH]c2ccccc12. The van der Waals surface area contributed by atoms with E-state index in [0.29, 0.717) is 0 Å². The van der Waals surface area contributed by atoms with Gasteiger partial charge in [-0.2, -0.15) is 5.10 Å². The summed E-state index contributed by atoms with van der Waals surface area (Å²) in [4.78, 5) is 26.8. The molecule has 1 heterocycles. The molecule has 0 saturated heterocycles. The third-order valence-electron chi connectivity index (χ3n) is 3.19. The summed E-state index contributed by atoms with van der Waals surface area (Å²) in [5.74, 6) is -0.649. The van der Waals surface area contributed by atoms with Crippen molar-refractivity contribution < 1.29 is 19.4 Å². The lowest BCUT2D eigenvalue weighted by atomic mass is 10.2. The van der Waals surface area contributed by atoms with Gasteiger partial charge in [-0.05, 0) is 26.8 Å². The molecule has 8 heteroatoms. The Morgan fingerprint density at radius 3 is 2.76 bits per heavy atom. The summed E-state index contributed by atoms with van der Waals surface area (Å²) >= 11 is 0. The lowest BCUT2D eigenvalue weighted by Gasteiger charge is -2.21. The number of nitrogens with one attached hydrogen (secondary N) is 3. The number of amides is 2. The molecule has 0 saturated carbocycles. The molecule has 1 aromatic heterocycles. The van der Waals surface area contributed by atoms with Gasteiger partial charge in [-0.1, -0.05) is 18.2 Å². The number of hydrazone groups is 1. The second-order valence-electron chi connectivity index (χ2n) is 6.41. The number of aromatic nitrogens is 1. The second-order valence-corrected chi connectivity index (χ2v) is 6.41. The highest BCUT2D eigenvalue weighted by atomic mass is 16.6. The number of carbonyl (C=O) groups excluding carboxylic acids is 2. The van der Waals surface area contributed by atoms with E-state index in [-0.39, 0.29) is 0 Å². The van der Waals surface area contributed by atoms with Crippen LogP contribution in [0.15, 0.2) is 35.6 Å². The molecule has 2 rings (SSSR count). The van der Waals surface area contributed by atoms with E-state index in [1.165, 1.54) is 6.21 Å². The van der Waals surface area contributed by atoms with Crippen molar-refractivity contribution in [1.29, 1.82) is 0 Å². The van der Waals surface area contributed by atoms with E-state index in [0.717, 1.165) is 16.5 Å². The lowest BCUT2D eigenvalue weighted by molar-refractivity contribution is -0.124. The van der Waals surface area contributed by atoms with E-state index in [1.807, 2.05) is 24.3 Å². The lowest BCUT2D eigenvalue weighted by Crippen LogP contribution is -2.49. The van der Waals surface area contributed by atoms with Crippen molar-refractivity contribution in [2.24, 2.45) is 5.10 Å². The van der Waals surface area contributed by atoms with Crippen LogP contribution in [0.3, 0.4) is 0 Å². The number of benzene rings is 1. The van der Waals surface area contributed by atoms with Crippen LogP contribution < -0.4 is 10.7 Å². The molecule has 2 amide bonds. The number of aliphatic hydroxyl groups excluding tert-OH is 1. The van der Waals surface area contributed by atoms with Gasteiger partial charge in [-0.3, -0.25) is 4.79 Å². The first-order valence-electron chi connectivity index (χ1n) is 7.79. The number of hydrogen-bond acceptors (Lipinski definition) is 5. The van der Waals surface area contributed by atoms with E-state index in [9.17, 15) is 14.7 Å². The summed E-state index contributed by atoms with van der Waals surface area (Å²) < 4.78 is 5.05. The molecule has 0 radical (unpaired) electrons. The monoisotopic (exact) mass is 346 g/mol. The number of para-hydroxylation sites is 1. The average Bonchev–Trinajstić information content (AvgIpc) is 2.94. The molecular weight excluding hydrogens is 324 g/mol. The van der Waals surface area contributed by atoms with Crippen LogP contribution in [0.1, 0.15) is 26.3 Å². The zero-order chi connectivity index (χ0) is 18.4. The molecule has 1 aromatic carbocycles. The number of alkyl carbamates (subject to hydrolysis) is 1. The maximum absolute atomic E-state index is 12.0.